The van der Waals surface area contributed by atoms with Crippen LogP contribution in [-0.4, -0.2) is 42.2 Å². The summed E-state index contributed by atoms with van der Waals surface area (Å²) in [5, 5.41) is 16.5. The molecule has 29 heavy (non-hydrogen) atoms. The Morgan fingerprint density at radius 1 is 1.03 bits per heavy atom. The summed E-state index contributed by atoms with van der Waals surface area (Å²) in [6, 6.07) is 17.9. The van der Waals surface area contributed by atoms with Crippen LogP contribution in [0.15, 0.2) is 66.2 Å². The first kappa shape index (κ1) is 19.4. The molecule has 2 aromatic carbocycles. The third-order valence-corrected chi connectivity index (χ3v) is 5.84. The predicted molar refractivity (Wildman–Crippen MR) is 124 cm³/mol. The normalized spacial score (nSPS) is 11.3. The maximum atomic E-state index is 9.60. The molecule has 0 aliphatic carbocycles. The van der Waals surface area contributed by atoms with Crippen molar-refractivity contribution in [1.82, 2.24) is 9.88 Å². The average Bonchev–Trinajstić information content (AvgIpc) is 3.25. The molecule has 0 spiro atoms. The van der Waals surface area contributed by atoms with Crippen LogP contribution < -0.4 is 5.32 Å². The van der Waals surface area contributed by atoms with Gasteiger partial charge < -0.3 is 15.3 Å². The van der Waals surface area contributed by atoms with E-state index in [0.717, 1.165) is 52.8 Å². The van der Waals surface area contributed by atoms with Crippen LogP contribution in [0.4, 0.5) is 5.69 Å². The average molecular weight is 404 g/mol. The third-order valence-electron chi connectivity index (χ3n) is 4.94. The highest BCUT2D eigenvalue weighted by Crippen LogP contribution is 2.37. The minimum absolute atomic E-state index is 0.277. The number of phenolic OH excluding ortho intramolecular Hbond substituents is 1. The highest BCUT2D eigenvalue weighted by atomic mass is 32.1. The van der Waals surface area contributed by atoms with Crippen molar-refractivity contribution in [2.75, 3.05) is 32.5 Å². The summed E-state index contributed by atoms with van der Waals surface area (Å²) in [6.07, 6.45) is 3.04. The van der Waals surface area contributed by atoms with Crippen LogP contribution in [0.1, 0.15) is 6.42 Å². The molecular formula is C24H25N3OS. The molecule has 4 aromatic rings. The Bertz CT molecular complexity index is 1090. The number of pyridine rings is 1. The van der Waals surface area contributed by atoms with Crippen molar-refractivity contribution in [3.05, 3.63) is 66.2 Å². The molecular weight excluding hydrogens is 378 g/mol. The monoisotopic (exact) mass is 403 g/mol. The van der Waals surface area contributed by atoms with Gasteiger partial charge in [0.25, 0.3) is 0 Å². The molecule has 4 nitrogen and oxygen atoms in total. The molecule has 0 aliphatic heterocycles. The number of nitrogens with one attached hydrogen (secondary N) is 1. The Hall–Kier alpha value is -2.89. The maximum Gasteiger partial charge on any atom is 0.115 e. The van der Waals surface area contributed by atoms with Gasteiger partial charge in [0.1, 0.15) is 5.75 Å². The quantitative estimate of drug-likeness (QED) is 0.389. The molecule has 0 bridgehead atoms. The van der Waals surface area contributed by atoms with Crippen molar-refractivity contribution in [3.63, 3.8) is 0 Å². The molecule has 2 heterocycles. The van der Waals surface area contributed by atoms with Crippen molar-refractivity contribution < 1.29 is 5.11 Å². The van der Waals surface area contributed by atoms with Crippen LogP contribution in [-0.2, 0) is 0 Å². The van der Waals surface area contributed by atoms with Crippen molar-refractivity contribution in [2.24, 2.45) is 0 Å². The van der Waals surface area contributed by atoms with Crippen LogP contribution in [0, 0.1) is 0 Å². The van der Waals surface area contributed by atoms with E-state index in [1.54, 1.807) is 23.5 Å². The Morgan fingerprint density at radius 2 is 1.83 bits per heavy atom. The minimum atomic E-state index is 0.277. The van der Waals surface area contributed by atoms with E-state index in [0.29, 0.717) is 0 Å². The minimum Gasteiger partial charge on any atom is -0.508 e. The molecule has 0 saturated carbocycles. The number of fused-ring (bicyclic) bond motifs is 1. The molecule has 2 aromatic heterocycles. The predicted octanol–water partition coefficient (Wildman–Crippen LogP) is 5.70. The van der Waals surface area contributed by atoms with Crippen LogP contribution in [0.5, 0.6) is 5.75 Å². The van der Waals surface area contributed by atoms with E-state index in [4.69, 9.17) is 4.98 Å². The number of hydrogen-bond acceptors (Lipinski definition) is 5. The Labute approximate surface area is 175 Å². The number of benzene rings is 2. The molecule has 0 atom stereocenters. The van der Waals surface area contributed by atoms with Gasteiger partial charge in [0.05, 0.1) is 11.2 Å². The number of rotatable bonds is 7. The number of hydrogen-bond donors (Lipinski definition) is 2. The lowest BCUT2D eigenvalue weighted by Gasteiger charge is -2.16. The lowest BCUT2D eigenvalue weighted by molar-refractivity contribution is 0.405. The first-order valence-corrected chi connectivity index (χ1v) is 10.6. The molecule has 0 amide bonds. The number of anilines is 1. The Morgan fingerprint density at radius 3 is 2.55 bits per heavy atom. The smallest absolute Gasteiger partial charge is 0.115 e. The standard InChI is InChI=1S/C24H25N3OS/c1-27(2)13-4-12-25-24-20-15-18(17-6-9-19(28)10-7-17)8-11-22(20)26-16-21(24)23-5-3-14-29-23/h3,5-11,14-16,28H,4,12-13H2,1-2H3,(H,25,26). The summed E-state index contributed by atoms with van der Waals surface area (Å²) in [4.78, 5) is 8.14. The molecule has 0 fully saturated rings. The summed E-state index contributed by atoms with van der Waals surface area (Å²) in [5.41, 5.74) is 5.43. The van der Waals surface area contributed by atoms with Crippen LogP contribution >= 0.6 is 11.3 Å². The molecule has 0 saturated heterocycles. The summed E-state index contributed by atoms with van der Waals surface area (Å²) in [6.45, 7) is 1.95. The molecule has 148 valence electrons. The molecule has 2 N–H and O–H groups in total. The van der Waals surface area contributed by atoms with Gasteiger partial charge in [-0.15, -0.1) is 11.3 Å². The number of aromatic nitrogens is 1. The van der Waals surface area contributed by atoms with Gasteiger partial charge >= 0.3 is 0 Å². The number of aromatic hydroxyl groups is 1. The van der Waals surface area contributed by atoms with Gasteiger partial charge in [-0.3, -0.25) is 4.98 Å². The molecule has 5 heteroatoms. The van der Waals surface area contributed by atoms with Crippen molar-refractivity contribution in [2.45, 2.75) is 6.42 Å². The van der Waals surface area contributed by atoms with E-state index in [9.17, 15) is 5.11 Å². The molecule has 0 radical (unpaired) electrons. The maximum absolute atomic E-state index is 9.60. The fraction of sp³-hybridized carbons (Fsp3) is 0.208. The van der Waals surface area contributed by atoms with E-state index in [1.165, 1.54) is 4.88 Å². The van der Waals surface area contributed by atoms with E-state index in [-0.39, 0.29) is 5.75 Å². The van der Waals surface area contributed by atoms with Gasteiger partial charge in [-0.05, 0) is 73.9 Å². The second kappa shape index (κ2) is 8.64. The van der Waals surface area contributed by atoms with Gasteiger partial charge in [0, 0.05) is 28.6 Å². The lowest BCUT2D eigenvalue weighted by atomic mass is 10.0. The zero-order valence-corrected chi connectivity index (χ0v) is 17.5. The van der Waals surface area contributed by atoms with E-state index < -0.39 is 0 Å². The summed E-state index contributed by atoms with van der Waals surface area (Å²) in [7, 11) is 4.20. The van der Waals surface area contributed by atoms with Crippen molar-refractivity contribution in [1.29, 1.82) is 0 Å². The number of thiophene rings is 1. The lowest BCUT2D eigenvalue weighted by Crippen LogP contribution is -2.16. The van der Waals surface area contributed by atoms with Gasteiger partial charge in [0.2, 0.25) is 0 Å². The van der Waals surface area contributed by atoms with Gasteiger partial charge in [-0.2, -0.15) is 0 Å². The topological polar surface area (TPSA) is 48.4 Å². The zero-order valence-electron chi connectivity index (χ0n) is 16.7. The third kappa shape index (κ3) is 4.42. The Kier molecular flexibility index (Phi) is 5.79. The number of phenols is 1. The Balaban J connectivity index is 1.78. The largest absolute Gasteiger partial charge is 0.508 e. The van der Waals surface area contributed by atoms with Gasteiger partial charge in [-0.1, -0.05) is 24.3 Å². The fourth-order valence-corrected chi connectivity index (χ4v) is 4.19. The molecule has 4 rings (SSSR count). The SMILES string of the molecule is CN(C)CCCNc1c(-c2cccs2)cnc2ccc(-c3ccc(O)cc3)cc12. The fourth-order valence-electron chi connectivity index (χ4n) is 3.44. The second-order valence-corrected chi connectivity index (χ2v) is 8.33. The highest BCUT2D eigenvalue weighted by molar-refractivity contribution is 7.13. The molecule has 0 aliphatic rings. The van der Waals surface area contributed by atoms with E-state index in [1.807, 2.05) is 18.3 Å². The summed E-state index contributed by atoms with van der Waals surface area (Å²) >= 11 is 1.73. The van der Waals surface area contributed by atoms with E-state index in [2.05, 4.69) is 60.0 Å². The van der Waals surface area contributed by atoms with Crippen LogP contribution in [0.3, 0.4) is 0 Å². The highest BCUT2D eigenvalue weighted by Gasteiger charge is 2.13. The van der Waals surface area contributed by atoms with Gasteiger partial charge in [-0.25, -0.2) is 0 Å². The molecule has 0 unspecified atom stereocenters. The second-order valence-electron chi connectivity index (χ2n) is 7.39. The first-order valence-electron chi connectivity index (χ1n) is 9.76. The summed E-state index contributed by atoms with van der Waals surface area (Å²) < 4.78 is 0. The summed E-state index contributed by atoms with van der Waals surface area (Å²) in [5.74, 6) is 0.277. The first-order chi connectivity index (χ1) is 14.1. The zero-order chi connectivity index (χ0) is 20.2. The van der Waals surface area contributed by atoms with Gasteiger partial charge in [0.15, 0.2) is 0 Å². The van der Waals surface area contributed by atoms with Crippen molar-refractivity contribution in [3.8, 4) is 27.3 Å². The van der Waals surface area contributed by atoms with E-state index >= 15 is 0 Å². The number of nitrogens with zero attached hydrogens (tertiary/aromatic N) is 2. The van der Waals surface area contributed by atoms with Crippen LogP contribution in [0.25, 0.3) is 32.5 Å². The van der Waals surface area contributed by atoms with Crippen molar-refractivity contribution >= 4 is 27.9 Å². The van der Waals surface area contributed by atoms with Crippen LogP contribution in [0.2, 0.25) is 0 Å².